The summed E-state index contributed by atoms with van der Waals surface area (Å²) in [5.41, 5.74) is 0.834. The Bertz CT molecular complexity index is 343. The lowest BCUT2D eigenvalue weighted by Gasteiger charge is -2.04. The van der Waals surface area contributed by atoms with Crippen LogP contribution in [0, 0.1) is 10.1 Å². The van der Waals surface area contributed by atoms with Crippen LogP contribution in [0.1, 0.15) is 19.3 Å². The van der Waals surface area contributed by atoms with Crippen LogP contribution in [0.5, 0.6) is 0 Å². The summed E-state index contributed by atoms with van der Waals surface area (Å²) < 4.78 is 0. The number of hydrogen-bond donors (Lipinski definition) is 1. The highest BCUT2D eigenvalue weighted by molar-refractivity contribution is 7.98. The lowest BCUT2D eigenvalue weighted by atomic mass is 10.2. The second kappa shape index (κ2) is 7.89. The molecule has 0 saturated heterocycles. The Morgan fingerprint density at radius 3 is 2.82 bits per heavy atom. The SMILES string of the molecule is CSCCCCCNc1ccc([N+](=O)[O-])nc1. The van der Waals surface area contributed by atoms with Gasteiger partial charge in [0.2, 0.25) is 0 Å². The number of unbranched alkanes of at least 4 members (excludes halogenated alkanes) is 2. The van der Waals surface area contributed by atoms with E-state index in [1.54, 1.807) is 6.07 Å². The molecule has 5 nitrogen and oxygen atoms in total. The monoisotopic (exact) mass is 255 g/mol. The third-order valence-electron chi connectivity index (χ3n) is 2.29. The lowest BCUT2D eigenvalue weighted by molar-refractivity contribution is -0.389. The maximum Gasteiger partial charge on any atom is 0.363 e. The number of aromatic nitrogens is 1. The van der Waals surface area contributed by atoms with E-state index in [4.69, 9.17) is 0 Å². The third kappa shape index (κ3) is 5.53. The van der Waals surface area contributed by atoms with Gasteiger partial charge in [0.1, 0.15) is 0 Å². The Morgan fingerprint density at radius 2 is 2.24 bits per heavy atom. The van der Waals surface area contributed by atoms with E-state index in [1.807, 2.05) is 11.8 Å². The molecular weight excluding hydrogens is 238 g/mol. The molecule has 0 unspecified atom stereocenters. The molecular formula is C11H17N3O2S. The van der Waals surface area contributed by atoms with Gasteiger partial charge in [-0.25, -0.2) is 0 Å². The normalized spacial score (nSPS) is 10.2. The summed E-state index contributed by atoms with van der Waals surface area (Å²) in [6.07, 6.45) is 7.16. The van der Waals surface area contributed by atoms with E-state index in [0.717, 1.165) is 18.7 Å². The van der Waals surface area contributed by atoms with Crippen LogP contribution < -0.4 is 5.32 Å². The molecule has 94 valence electrons. The zero-order valence-corrected chi connectivity index (χ0v) is 10.7. The van der Waals surface area contributed by atoms with Crippen LogP contribution >= 0.6 is 11.8 Å². The summed E-state index contributed by atoms with van der Waals surface area (Å²) in [5, 5.41) is 13.6. The zero-order valence-electron chi connectivity index (χ0n) is 9.89. The first-order valence-corrected chi connectivity index (χ1v) is 6.96. The molecule has 1 aromatic rings. The number of rotatable bonds is 8. The van der Waals surface area contributed by atoms with Crippen LogP contribution in [-0.4, -0.2) is 28.5 Å². The maximum atomic E-state index is 10.4. The molecule has 0 aliphatic rings. The predicted octanol–water partition coefficient (Wildman–Crippen LogP) is 2.94. The van der Waals surface area contributed by atoms with Crippen molar-refractivity contribution >= 4 is 23.3 Å². The van der Waals surface area contributed by atoms with Gasteiger partial charge in [0.25, 0.3) is 0 Å². The number of nitro groups is 1. The van der Waals surface area contributed by atoms with E-state index in [1.165, 1.54) is 30.9 Å². The van der Waals surface area contributed by atoms with Crippen LogP contribution in [0.2, 0.25) is 0 Å². The molecule has 0 amide bonds. The van der Waals surface area contributed by atoms with Gasteiger partial charge in [-0.1, -0.05) is 6.42 Å². The first-order chi connectivity index (χ1) is 8.24. The molecule has 0 radical (unpaired) electrons. The Kier molecular flexibility index (Phi) is 6.39. The average molecular weight is 255 g/mol. The summed E-state index contributed by atoms with van der Waals surface area (Å²) in [6.45, 7) is 0.883. The molecule has 0 atom stereocenters. The van der Waals surface area contributed by atoms with Crippen molar-refractivity contribution < 1.29 is 4.92 Å². The molecule has 1 rings (SSSR count). The summed E-state index contributed by atoms with van der Waals surface area (Å²) in [7, 11) is 0. The first-order valence-electron chi connectivity index (χ1n) is 5.57. The molecule has 1 heterocycles. The van der Waals surface area contributed by atoms with Gasteiger partial charge in [-0.3, -0.25) is 0 Å². The molecule has 0 fully saturated rings. The Balaban J connectivity index is 2.21. The topological polar surface area (TPSA) is 68.1 Å². The maximum absolute atomic E-state index is 10.4. The quantitative estimate of drug-likeness (QED) is 0.439. The van der Waals surface area contributed by atoms with E-state index in [0.29, 0.717) is 0 Å². The van der Waals surface area contributed by atoms with Crippen molar-refractivity contribution in [1.82, 2.24) is 4.98 Å². The fraction of sp³-hybridized carbons (Fsp3) is 0.545. The van der Waals surface area contributed by atoms with Gasteiger partial charge in [0, 0.05) is 12.6 Å². The fourth-order valence-corrected chi connectivity index (χ4v) is 1.87. The van der Waals surface area contributed by atoms with Crippen LogP contribution in [0.4, 0.5) is 11.5 Å². The highest BCUT2D eigenvalue weighted by atomic mass is 32.2. The van der Waals surface area contributed by atoms with Gasteiger partial charge >= 0.3 is 5.82 Å². The third-order valence-corrected chi connectivity index (χ3v) is 2.99. The van der Waals surface area contributed by atoms with Gasteiger partial charge in [-0.05, 0) is 40.8 Å². The van der Waals surface area contributed by atoms with Crippen molar-refractivity contribution in [3.8, 4) is 0 Å². The molecule has 17 heavy (non-hydrogen) atoms. The molecule has 0 bridgehead atoms. The van der Waals surface area contributed by atoms with E-state index in [2.05, 4.69) is 16.6 Å². The predicted molar refractivity (Wildman–Crippen MR) is 71.6 cm³/mol. The second-order valence-electron chi connectivity index (χ2n) is 3.64. The molecule has 1 N–H and O–H groups in total. The van der Waals surface area contributed by atoms with Gasteiger partial charge < -0.3 is 15.4 Å². The van der Waals surface area contributed by atoms with Crippen molar-refractivity contribution in [2.45, 2.75) is 19.3 Å². The highest BCUT2D eigenvalue weighted by Crippen LogP contribution is 2.11. The second-order valence-corrected chi connectivity index (χ2v) is 4.63. The minimum atomic E-state index is -0.494. The van der Waals surface area contributed by atoms with Crippen molar-refractivity contribution in [2.75, 3.05) is 23.9 Å². The van der Waals surface area contributed by atoms with Gasteiger partial charge in [-0.15, -0.1) is 0 Å². The van der Waals surface area contributed by atoms with E-state index >= 15 is 0 Å². The number of nitrogens with one attached hydrogen (secondary N) is 1. The van der Waals surface area contributed by atoms with Crippen molar-refractivity contribution in [3.63, 3.8) is 0 Å². The number of hydrogen-bond acceptors (Lipinski definition) is 5. The number of nitrogens with zero attached hydrogens (tertiary/aromatic N) is 2. The molecule has 0 aromatic carbocycles. The van der Waals surface area contributed by atoms with Gasteiger partial charge in [0.15, 0.2) is 6.20 Å². The van der Waals surface area contributed by atoms with Crippen LogP contribution in [0.25, 0.3) is 0 Å². The van der Waals surface area contributed by atoms with Crippen molar-refractivity contribution in [2.24, 2.45) is 0 Å². The van der Waals surface area contributed by atoms with Crippen LogP contribution in [0.15, 0.2) is 18.3 Å². The summed E-state index contributed by atoms with van der Waals surface area (Å²) in [4.78, 5) is 13.6. The largest absolute Gasteiger partial charge is 0.382 e. The molecule has 6 heteroatoms. The standard InChI is InChI=1S/C11H17N3O2S/c1-17-8-4-2-3-7-12-10-5-6-11(13-9-10)14(15)16/h5-6,9,12H,2-4,7-8H2,1H3. The molecule has 0 saturated carbocycles. The smallest absolute Gasteiger partial charge is 0.363 e. The minimum absolute atomic E-state index is 0.115. The highest BCUT2D eigenvalue weighted by Gasteiger charge is 2.05. The Labute approximate surface area is 105 Å². The number of anilines is 1. The summed E-state index contributed by atoms with van der Waals surface area (Å²) in [5.74, 6) is 1.09. The molecule has 0 aliphatic carbocycles. The van der Waals surface area contributed by atoms with Gasteiger partial charge in [0.05, 0.1) is 5.69 Å². The van der Waals surface area contributed by atoms with Crippen LogP contribution in [0.3, 0.4) is 0 Å². The van der Waals surface area contributed by atoms with Crippen molar-refractivity contribution in [3.05, 3.63) is 28.4 Å². The summed E-state index contributed by atoms with van der Waals surface area (Å²) in [6, 6.07) is 3.10. The Hall–Kier alpha value is -1.30. The Morgan fingerprint density at radius 1 is 1.41 bits per heavy atom. The zero-order chi connectivity index (χ0) is 12.5. The summed E-state index contributed by atoms with van der Waals surface area (Å²) >= 11 is 1.87. The first kappa shape index (κ1) is 13.8. The fourth-order valence-electron chi connectivity index (χ4n) is 1.38. The number of pyridine rings is 1. The van der Waals surface area contributed by atoms with Crippen molar-refractivity contribution in [1.29, 1.82) is 0 Å². The number of thioether (sulfide) groups is 1. The van der Waals surface area contributed by atoms with E-state index in [-0.39, 0.29) is 5.82 Å². The molecule has 0 spiro atoms. The average Bonchev–Trinajstić information content (AvgIpc) is 2.34. The van der Waals surface area contributed by atoms with Gasteiger partial charge in [-0.2, -0.15) is 11.8 Å². The van der Waals surface area contributed by atoms with E-state index < -0.39 is 4.92 Å². The van der Waals surface area contributed by atoms with Crippen LogP contribution in [-0.2, 0) is 0 Å². The minimum Gasteiger partial charge on any atom is -0.382 e. The lowest BCUT2D eigenvalue weighted by Crippen LogP contribution is -2.02. The van der Waals surface area contributed by atoms with E-state index in [9.17, 15) is 10.1 Å². The molecule has 0 aliphatic heterocycles. The molecule has 1 aromatic heterocycles.